The van der Waals surface area contributed by atoms with Crippen LogP contribution >= 0.6 is 23.1 Å². The molecule has 29 heavy (non-hydrogen) atoms. The van der Waals surface area contributed by atoms with Gasteiger partial charge in [-0.1, -0.05) is 47.4 Å². The molecule has 0 radical (unpaired) electrons. The molecule has 0 unspecified atom stereocenters. The predicted octanol–water partition coefficient (Wildman–Crippen LogP) is 4.25. The lowest BCUT2D eigenvalue weighted by Crippen LogP contribution is -2.15. The van der Waals surface area contributed by atoms with Crippen molar-refractivity contribution in [1.82, 2.24) is 10.2 Å². The molecule has 0 bridgehead atoms. The third kappa shape index (κ3) is 4.36. The zero-order valence-corrected chi connectivity index (χ0v) is 17.0. The Morgan fingerprint density at radius 2 is 1.97 bits per heavy atom. The van der Waals surface area contributed by atoms with E-state index >= 15 is 0 Å². The molecule has 146 valence electrons. The van der Waals surface area contributed by atoms with E-state index in [0.717, 1.165) is 5.71 Å². The van der Waals surface area contributed by atoms with E-state index in [9.17, 15) is 9.59 Å². The lowest BCUT2D eigenvalue weighted by atomic mass is 10.0. The molecular weight excluding hydrogens is 408 g/mol. The number of ether oxygens (including phenoxy) is 1. The van der Waals surface area contributed by atoms with Crippen molar-refractivity contribution in [3.63, 3.8) is 0 Å². The maximum atomic E-state index is 12.4. The highest BCUT2D eigenvalue weighted by atomic mass is 32.2. The second-order valence-corrected chi connectivity index (χ2v) is 8.31. The number of para-hydroxylation sites is 2. The third-order valence-electron chi connectivity index (χ3n) is 4.19. The summed E-state index contributed by atoms with van der Waals surface area (Å²) in [6.45, 7) is 0. The van der Waals surface area contributed by atoms with Crippen LogP contribution in [0.15, 0.2) is 57.9 Å². The number of ketones is 1. The van der Waals surface area contributed by atoms with E-state index in [1.165, 1.54) is 30.2 Å². The van der Waals surface area contributed by atoms with Gasteiger partial charge in [-0.05, 0) is 24.3 Å². The Bertz CT molecular complexity index is 1110. The minimum atomic E-state index is -0.311. The first-order chi connectivity index (χ1) is 14.1. The van der Waals surface area contributed by atoms with E-state index in [4.69, 9.17) is 4.74 Å². The summed E-state index contributed by atoms with van der Waals surface area (Å²) in [5, 5.41) is 11.3. The maximum absolute atomic E-state index is 12.4. The van der Waals surface area contributed by atoms with Crippen molar-refractivity contribution in [2.24, 2.45) is 4.99 Å². The Hall–Kier alpha value is -3.04. The summed E-state index contributed by atoms with van der Waals surface area (Å²) >= 11 is 2.71. The van der Waals surface area contributed by atoms with Gasteiger partial charge in [0.25, 0.3) is 5.91 Å². The molecule has 3 aromatic rings. The number of carbonyl (C=O) groups excluding carboxylic acids is 2. The average Bonchev–Trinajstić information content (AvgIpc) is 3.19. The number of benzene rings is 2. The van der Waals surface area contributed by atoms with E-state index in [1.54, 1.807) is 30.3 Å². The minimum absolute atomic E-state index is 0.0771. The van der Waals surface area contributed by atoms with Gasteiger partial charge in [0.2, 0.25) is 5.13 Å². The van der Waals surface area contributed by atoms with Crippen molar-refractivity contribution in [2.75, 3.05) is 18.2 Å². The van der Waals surface area contributed by atoms with Gasteiger partial charge in [-0.15, -0.1) is 10.2 Å². The van der Waals surface area contributed by atoms with Gasteiger partial charge >= 0.3 is 0 Å². The molecule has 0 spiro atoms. The maximum Gasteiger partial charge on any atom is 0.261 e. The molecule has 2 heterocycles. The fourth-order valence-electron chi connectivity index (χ4n) is 2.84. The van der Waals surface area contributed by atoms with Crippen molar-refractivity contribution in [3.05, 3.63) is 59.7 Å². The summed E-state index contributed by atoms with van der Waals surface area (Å²) in [4.78, 5) is 29.3. The predicted molar refractivity (Wildman–Crippen MR) is 114 cm³/mol. The van der Waals surface area contributed by atoms with E-state index in [1.807, 2.05) is 18.2 Å². The summed E-state index contributed by atoms with van der Waals surface area (Å²) < 4.78 is 5.90. The summed E-state index contributed by atoms with van der Waals surface area (Å²) in [5.41, 5.74) is 2.60. The average molecular weight is 425 g/mol. The molecule has 0 saturated carbocycles. The van der Waals surface area contributed by atoms with Gasteiger partial charge in [-0.3, -0.25) is 19.9 Å². The molecule has 0 aliphatic carbocycles. The SMILES string of the molecule is COc1ccccc1C(=O)Nc1nnc(SCC2=Nc3ccccc3C(=O)C2)s1. The Morgan fingerprint density at radius 3 is 2.83 bits per heavy atom. The van der Waals surface area contributed by atoms with Crippen LogP contribution in [0.2, 0.25) is 0 Å². The van der Waals surface area contributed by atoms with Gasteiger partial charge in [-0.2, -0.15) is 0 Å². The first-order valence-electron chi connectivity index (χ1n) is 8.73. The molecule has 1 aliphatic rings. The molecule has 1 aromatic heterocycles. The number of thioether (sulfide) groups is 1. The number of Topliss-reactive ketones (excluding diaryl/α,β-unsaturated/α-hetero) is 1. The second-order valence-electron chi connectivity index (χ2n) is 6.11. The van der Waals surface area contributed by atoms with Crippen LogP contribution in [0.1, 0.15) is 27.1 Å². The van der Waals surface area contributed by atoms with E-state index in [-0.39, 0.29) is 11.7 Å². The normalized spacial score (nSPS) is 12.9. The van der Waals surface area contributed by atoms with Crippen LogP contribution < -0.4 is 10.1 Å². The lowest BCUT2D eigenvalue weighted by Gasteiger charge is -2.13. The largest absolute Gasteiger partial charge is 0.496 e. The Kier molecular flexibility index (Phi) is 5.68. The molecular formula is C20H16N4O3S2. The molecule has 0 saturated heterocycles. The molecule has 4 rings (SSSR count). The number of hydrogen-bond donors (Lipinski definition) is 1. The lowest BCUT2D eigenvalue weighted by molar-refractivity contribution is 0.0996. The third-order valence-corrected chi connectivity index (χ3v) is 6.23. The topological polar surface area (TPSA) is 93.5 Å². The summed E-state index contributed by atoms with van der Waals surface area (Å²) in [6, 6.07) is 14.3. The summed E-state index contributed by atoms with van der Waals surface area (Å²) in [7, 11) is 1.52. The first kappa shape index (κ1) is 19.3. The number of nitrogens with zero attached hydrogens (tertiary/aromatic N) is 3. The second kappa shape index (κ2) is 8.54. The molecule has 0 atom stereocenters. The summed E-state index contributed by atoms with van der Waals surface area (Å²) in [5.74, 6) is 0.793. The Morgan fingerprint density at radius 1 is 1.17 bits per heavy atom. The van der Waals surface area contributed by atoms with E-state index in [0.29, 0.717) is 44.2 Å². The van der Waals surface area contributed by atoms with Crippen molar-refractivity contribution in [1.29, 1.82) is 0 Å². The van der Waals surface area contributed by atoms with E-state index < -0.39 is 0 Å². The molecule has 1 amide bonds. The number of carbonyl (C=O) groups is 2. The van der Waals surface area contributed by atoms with Gasteiger partial charge in [-0.25, -0.2) is 0 Å². The van der Waals surface area contributed by atoms with Crippen LogP contribution in [0, 0.1) is 0 Å². The van der Waals surface area contributed by atoms with Crippen molar-refractivity contribution in [3.8, 4) is 5.75 Å². The van der Waals surface area contributed by atoms with Crippen molar-refractivity contribution < 1.29 is 14.3 Å². The molecule has 2 aromatic carbocycles. The molecule has 9 heteroatoms. The highest BCUT2D eigenvalue weighted by Gasteiger charge is 2.20. The molecule has 1 N–H and O–H groups in total. The Labute approximate surface area is 175 Å². The zero-order valence-electron chi connectivity index (χ0n) is 15.4. The van der Waals surface area contributed by atoms with Crippen LogP contribution in [-0.2, 0) is 0 Å². The van der Waals surface area contributed by atoms with Crippen LogP contribution in [0.4, 0.5) is 10.8 Å². The van der Waals surface area contributed by atoms with Crippen molar-refractivity contribution in [2.45, 2.75) is 10.8 Å². The van der Waals surface area contributed by atoms with Gasteiger partial charge in [0.05, 0.1) is 24.8 Å². The van der Waals surface area contributed by atoms with Gasteiger partial charge < -0.3 is 4.74 Å². The van der Waals surface area contributed by atoms with E-state index in [2.05, 4.69) is 20.5 Å². The molecule has 7 nitrogen and oxygen atoms in total. The van der Waals surface area contributed by atoms with Crippen LogP contribution in [-0.4, -0.2) is 40.5 Å². The number of nitrogens with one attached hydrogen (secondary N) is 1. The molecule has 0 fully saturated rings. The van der Waals surface area contributed by atoms with Crippen LogP contribution in [0.3, 0.4) is 0 Å². The minimum Gasteiger partial charge on any atom is -0.496 e. The smallest absolute Gasteiger partial charge is 0.261 e. The van der Waals surface area contributed by atoms with Crippen molar-refractivity contribution >= 4 is 51.3 Å². The quantitative estimate of drug-likeness (QED) is 0.470. The Balaban J connectivity index is 1.40. The number of hydrogen-bond acceptors (Lipinski definition) is 8. The zero-order chi connectivity index (χ0) is 20.2. The van der Waals surface area contributed by atoms with Crippen LogP contribution in [0.25, 0.3) is 0 Å². The van der Waals surface area contributed by atoms with Gasteiger partial charge in [0.15, 0.2) is 10.1 Å². The number of amides is 1. The number of aromatic nitrogens is 2. The highest BCUT2D eigenvalue weighted by Crippen LogP contribution is 2.30. The molecule has 1 aliphatic heterocycles. The number of fused-ring (bicyclic) bond motifs is 1. The monoisotopic (exact) mass is 424 g/mol. The van der Waals surface area contributed by atoms with Crippen LogP contribution in [0.5, 0.6) is 5.75 Å². The fourth-order valence-corrected chi connectivity index (χ4v) is 4.52. The summed E-state index contributed by atoms with van der Waals surface area (Å²) in [6.07, 6.45) is 0.306. The highest BCUT2D eigenvalue weighted by molar-refractivity contribution is 8.01. The number of anilines is 1. The number of methoxy groups -OCH3 is 1. The number of aliphatic imine (C=N–C) groups is 1. The standard InChI is InChI=1S/C20H16N4O3S2/c1-27-17-9-5-3-7-14(17)18(26)22-19-23-24-20(29-19)28-11-12-10-16(25)13-6-2-4-8-15(13)21-12/h2-9H,10-11H2,1H3,(H,22,23,26). The van der Waals surface area contributed by atoms with Gasteiger partial charge in [0.1, 0.15) is 5.75 Å². The van der Waals surface area contributed by atoms with Gasteiger partial charge in [0, 0.05) is 17.0 Å². The number of rotatable bonds is 6. The fraction of sp³-hybridized carbons (Fsp3) is 0.150. The first-order valence-corrected chi connectivity index (χ1v) is 10.5.